The van der Waals surface area contributed by atoms with Crippen molar-refractivity contribution in [3.63, 3.8) is 0 Å². The zero-order valence-electron chi connectivity index (χ0n) is 17.5. The van der Waals surface area contributed by atoms with Gasteiger partial charge in [-0.05, 0) is 88.7 Å². The van der Waals surface area contributed by atoms with Crippen LogP contribution in [0.5, 0.6) is 0 Å². The SMILES string of the molecule is CN(C)C1CC1CCOC1CCC(CNS(=O)(=O)c2ccc(C(F)(F)F)cc2)CC1. The standard InChI is InChI=1S/C21H31F3N2O3S/c1-26(2)20-13-16(20)11-12-29-18-7-3-15(4-8-18)14-25-30(27,28)19-9-5-17(6-10-19)21(22,23)24/h5-6,9-10,15-16,18,20,25H,3-4,7-8,11-14H2,1-2H3. The summed E-state index contributed by atoms with van der Waals surface area (Å²) in [6.07, 6.45) is 1.68. The summed E-state index contributed by atoms with van der Waals surface area (Å²) in [5, 5.41) is 0. The van der Waals surface area contributed by atoms with Crippen molar-refractivity contribution in [2.75, 3.05) is 27.2 Å². The summed E-state index contributed by atoms with van der Waals surface area (Å²) in [6, 6.07) is 4.27. The van der Waals surface area contributed by atoms with Crippen molar-refractivity contribution >= 4 is 10.0 Å². The third kappa shape index (κ3) is 6.42. The summed E-state index contributed by atoms with van der Waals surface area (Å²) in [7, 11) is 0.402. The topological polar surface area (TPSA) is 58.6 Å². The first-order valence-electron chi connectivity index (χ1n) is 10.5. The third-order valence-electron chi connectivity index (χ3n) is 6.24. The van der Waals surface area contributed by atoms with E-state index in [1.54, 1.807) is 0 Å². The van der Waals surface area contributed by atoms with E-state index in [0.29, 0.717) is 12.6 Å². The van der Waals surface area contributed by atoms with Crippen LogP contribution in [0.25, 0.3) is 0 Å². The second-order valence-electron chi connectivity index (χ2n) is 8.70. The zero-order chi connectivity index (χ0) is 21.9. The lowest BCUT2D eigenvalue weighted by Crippen LogP contribution is -2.33. The number of alkyl halides is 3. The molecule has 1 N–H and O–H groups in total. The second-order valence-corrected chi connectivity index (χ2v) is 10.5. The largest absolute Gasteiger partial charge is 0.416 e. The summed E-state index contributed by atoms with van der Waals surface area (Å²) in [4.78, 5) is 2.12. The van der Waals surface area contributed by atoms with Crippen molar-refractivity contribution in [2.45, 2.75) is 61.7 Å². The van der Waals surface area contributed by atoms with Gasteiger partial charge in [0, 0.05) is 19.2 Å². The molecule has 1 aromatic carbocycles. The molecule has 2 unspecified atom stereocenters. The van der Waals surface area contributed by atoms with Gasteiger partial charge in [0.2, 0.25) is 10.0 Å². The second kappa shape index (κ2) is 9.54. The Morgan fingerprint density at radius 3 is 2.27 bits per heavy atom. The van der Waals surface area contributed by atoms with Crippen molar-refractivity contribution in [1.29, 1.82) is 0 Å². The van der Waals surface area contributed by atoms with Gasteiger partial charge >= 0.3 is 6.18 Å². The van der Waals surface area contributed by atoms with Gasteiger partial charge in [-0.2, -0.15) is 13.2 Å². The van der Waals surface area contributed by atoms with Gasteiger partial charge in [-0.3, -0.25) is 0 Å². The highest BCUT2D eigenvalue weighted by atomic mass is 32.2. The number of hydrogen-bond acceptors (Lipinski definition) is 4. The molecule has 0 aliphatic heterocycles. The van der Waals surface area contributed by atoms with Gasteiger partial charge in [-0.1, -0.05) is 0 Å². The minimum atomic E-state index is -4.48. The Labute approximate surface area is 177 Å². The third-order valence-corrected chi connectivity index (χ3v) is 7.68. The van der Waals surface area contributed by atoms with E-state index in [9.17, 15) is 21.6 Å². The van der Waals surface area contributed by atoms with Crippen LogP contribution in [-0.4, -0.2) is 52.7 Å². The lowest BCUT2D eigenvalue weighted by atomic mass is 9.87. The Kier molecular flexibility index (Phi) is 7.48. The van der Waals surface area contributed by atoms with Crippen LogP contribution in [0.3, 0.4) is 0 Å². The van der Waals surface area contributed by atoms with Crippen molar-refractivity contribution < 1.29 is 26.3 Å². The predicted octanol–water partition coefficient (Wildman–Crippen LogP) is 3.90. The quantitative estimate of drug-likeness (QED) is 0.623. The molecule has 0 aromatic heterocycles. The molecular formula is C21H31F3N2O3S. The maximum absolute atomic E-state index is 12.6. The highest BCUT2D eigenvalue weighted by Crippen LogP contribution is 2.37. The Balaban J connectivity index is 1.36. The van der Waals surface area contributed by atoms with Crippen molar-refractivity contribution in [3.8, 4) is 0 Å². The monoisotopic (exact) mass is 448 g/mol. The molecule has 2 aliphatic rings. The van der Waals surface area contributed by atoms with E-state index in [2.05, 4.69) is 23.7 Å². The minimum Gasteiger partial charge on any atom is -0.378 e. The molecule has 1 aromatic rings. The van der Waals surface area contributed by atoms with E-state index in [1.165, 1.54) is 6.42 Å². The maximum Gasteiger partial charge on any atom is 0.416 e. The number of benzene rings is 1. The fraction of sp³-hybridized carbons (Fsp3) is 0.714. The molecule has 0 heterocycles. The molecular weight excluding hydrogens is 417 g/mol. The molecule has 2 atom stereocenters. The van der Waals surface area contributed by atoms with E-state index in [1.807, 2.05) is 0 Å². The smallest absolute Gasteiger partial charge is 0.378 e. The Morgan fingerprint density at radius 1 is 1.10 bits per heavy atom. The summed E-state index contributed by atoms with van der Waals surface area (Å²) >= 11 is 0. The number of hydrogen-bond donors (Lipinski definition) is 1. The van der Waals surface area contributed by atoms with E-state index in [4.69, 9.17) is 4.74 Å². The lowest BCUT2D eigenvalue weighted by Gasteiger charge is -2.28. The molecule has 170 valence electrons. The zero-order valence-corrected chi connectivity index (χ0v) is 18.3. The molecule has 2 aliphatic carbocycles. The molecule has 0 radical (unpaired) electrons. The number of nitrogens with one attached hydrogen (secondary N) is 1. The molecule has 0 amide bonds. The molecule has 3 rings (SSSR count). The average Bonchev–Trinajstić information content (AvgIpc) is 3.47. The highest BCUT2D eigenvalue weighted by molar-refractivity contribution is 7.89. The van der Waals surface area contributed by atoms with E-state index in [0.717, 1.165) is 68.9 Å². The Bertz CT molecular complexity index is 789. The van der Waals surface area contributed by atoms with E-state index < -0.39 is 21.8 Å². The van der Waals surface area contributed by atoms with Crippen molar-refractivity contribution in [3.05, 3.63) is 29.8 Å². The number of ether oxygens (including phenoxy) is 1. The van der Waals surface area contributed by atoms with Crippen LogP contribution in [-0.2, 0) is 20.9 Å². The van der Waals surface area contributed by atoms with E-state index in [-0.39, 0.29) is 16.9 Å². The van der Waals surface area contributed by atoms with Gasteiger partial charge in [-0.25, -0.2) is 13.1 Å². The van der Waals surface area contributed by atoms with Gasteiger partial charge in [0.05, 0.1) is 16.6 Å². The fourth-order valence-electron chi connectivity index (χ4n) is 4.20. The van der Waals surface area contributed by atoms with Gasteiger partial charge in [0.15, 0.2) is 0 Å². The Hall–Kier alpha value is -1.16. The average molecular weight is 449 g/mol. The lowest BCUT2D eigenvalue weighted by molar-refractivity contribution is -0.137. The molecule has 30 heavy (non-hydrogen) atoms. The molecule has 5 nitrogen and oxygen atoms in total. The number of halogens is 3. The predicted molar refractivity (Wildman–Crippen MR) is 109 cm³/mol. The van der Waals surface area contributed by atoms with Crippen LogP contribution in [0.1, 0.15) is 44.1 Å². The minimum absolute atomic E-state index is 0.149. The van der Waals surface area contributed by atoms with Crippen LogP contribution < -0.4 is 4.72 Å². The van der Waals surface area contributed by atoms with Crippen LogP contribution in [0.4, 0.5) is 13.2 Å². The van der Waals surface area contributed by atoms with Crippen molar-refractivity contribution in [1.82, 2.24) is 9.62 Å². The summed E-state index contributed by atoms with van der Waals surface area (Å²) in [5.41, 5.74) is -0.862. The maximum atomic E-state index is 12.6. The first-order chi connectivity index (χ1) is 14.1. The van der Waals surface area contributed by atoms with Crippen LogP contribution in [0.15, 0.2) is 29.2 Å². The van der Waals surface area contributed by atoms with Gasteiger partial charge in [-0.15, -0.1) is 0 Å². The van der Waals surface area contributed by atoms with Gasteiger partial charge in [0.25, 0.3) is 0 Å². The molecule has 0 bridgehead atoms. The summed E-state index contributed by atoms with van der Waals surface area (Å²) in [6.45, 7) is 1.08. The van der Waals surface area contributed by atoms with Gasteiger partial charge < -0.3 is 9.64 Å². The van der Waals surface area contributed by atoms with Crippen LogP contribution in [0.2, 0.25) is 0 Å². The number of rotatable bonds is 9. The Morgan fingerprint density at radius 2 is 1.73 bits per heavy atom. The van der Waals surface area contributed by atoms with Crippen LogP contribution in [0, 0.1) is 11.8 Å². The number of nitrogens with zero attached hydrogens (tertiary/aromatic N) is 1. The van der Waals surface area contributed by atoms with Crippen molar-refractivity contribution in [2.24, 2.45) is 11.8 Å². The summed E-state index contributed by atoms with van der Waals surface area (Å²) < 4.78 is 71.2. The molecule has 2 fully saturated rings. The van der Waals surface area contributed by atoms with E-state index >= 15 is 0 Å². The van der Waals surface area contributed by atoms with Gasteiger partial charge in [0.1, 0.15) is 0 Å². The normalized spacial score (nSPS) is 27.4. The van der Waals surface area contributed by atoms with Crippen LogP contribution >= 0.6 is 0 Å². The molecule has 0 saturated heterocycles. The highest BCUT2D eigenvalue weighted by Gasteiger charge is 2.38. The molecule has 0 spiro atoms. The number of sulfonamides is 1. The molecule has 9 heteroatoms. The first-order valence-corrected chi connectivity index (χ1v) is 12.0. The summed E-state index contributed by atoms with van der Waals surface area (Å²) in [5.74, 6) is 0.964. The molecule has 2 saturated carbocycles. The fourth-order valence-corrected chi connectivity index (χ4v) is 5.31. The first kappa shape index (κ1) is 23.5.